The van der Waals surface area contributed by atoms with Gasteiger partial charge in [-0.05, 0) is 36.9 Å². The zero-order valence-corrected chi connectivity index (χ0v) is 19.2. The molecule has 34 heavy (non-hydrogen) atoms. The van der Waals surface area contributed by atoms with E-state index in [1.54, 1.807) is 24.5 Å². The molecule has 12 heteroatoms. The largest absolute Gasteiger partial charge is 0.416 e. The Balaban J connectivity index is 1.45. The molecule has 1 aromatic carbocycles. The first-order valence-corrected chi connectivity index (χ1v) is 11.7. The summed E-state index contributed by atoms with van der Waals surface area (Å²) in [5.74, 6) is -0.310. The standard InChI is InChI=1S/C22H23F3N6O2S/c1-2-30-8-10-31(11-9-30)18-6-5-16(22(23,24)25)12-17(18)27-19(32)14-34-21-29-28-20(33-21)15-4-3-7-26-13-15/h3-7,12-13H,2,8-11,14H2,1H3,(H,27,32). The summed E-state index contributed by atoms with van der Waals surface area (Å²) >= 11 is 1.00. The highest BCUT2D eigenvalue weighted by atomic mass is 32.2. The number of pyridine rings is 1. The second kappa shape index (κ2) is 10.4. The molecule has 8 nitrogen and oxygen atoms in total. The lowest BCUT2D eigenvalue weighted by molar-refractivity contribution is -0.137. The molecule has 0 aliphatic carbocycles. The molecule has 1 amide bonds. The molecule has 1 saturated heterocycles. The van der Waals surface area contributed by atoms with Gasteiger partial charge in [-0.15, -0.1) is 10.2 Å². The highest BCUT2D eigenvalue weighted by molar-refractivity contribution is 7.99. The van der Waals surface area contributed by atoms with E-state index in [1.165, 1.54) is 6.07 Å². The van der Waals surface area contributed by atoms with Crippen LogP contribution < -0.4 is 10.2 Å². The number of anilines is 2. The average Bonchev–Trinajstić information content (AvgIpc) is 3.32. The molecule has 0 saturated carbocycles. The van der Waals surface area contributed by atoms with Gasteiger partial charge in [-0.1, -0.05) is 18.7 Å². The van der Waals surface area contributed by atoms with Crippen molar-refractivity contribution < 1.29 is 22.4 Å². The van der Waals surface area contributed by atoms with Gasteiger partial charge in [0.15, 0.2) is 0 Å². The van der Waals surface area contributed by atoms with Crippen molar-refractivity contribution in [3.8, 4) is 11.5 Å². The first-order chi connectivity index (χ1) is 16.3. The third-order valence-corrected chi connectivity index (χ3v) is 6.22. The molecular formula is C22H23F3N6O2S. The van der Waals surface area contributed by atoms with E-state index in [9.17, 15) is 18.0 Å². The number of thioether (sulfide) groups is 1. The molecule has 4 rings (SSSR count). The molecule has 180 valence electrons. The van der Waals surface area contributed by atoms with Crippen molar-refractivity contribution in [3.63, 3.8) is 0 Å². The Morgan fingerprint density at radius 2 is 1.97 bits per heavy atom. The maximum Gasteiger partial charge on any atom is 0.416 e. The van der Waals surface area contributed by atoms with Crippen molar-refractivity contribution >= 4 is 29.0 Å². The van der Waals surface area contributed by atoms with Gasteiger partial charge in [0.25, 0.3) is 5.22 Å². The molecule has 1 N–H and O–H groups in total. The SMILES string of the molecule is CCN1CCN(c2ccc(C(F)(F)F)cc2NC(=O)CSc2nnc(-c3cccnc3)o2)CC1. The summed E-state index contributed by atoms with van der Waals surface area (Å²) in [5.41, 5.74) is 0.526. The minimum Gasteiger partial charge on any atom is -0.411 e. The number of amides is 1. The van der Waals surface area contributed by atoms with Crippen LogP contribution in [-0.4, -0.2) is 64.5 Å². The summed E-state index contributed by atoms with van der Waals surface area (Å²) < 4.78 is 45.5. The number of hydrogen-bond acceptors (Lipinski definition) is 8. The summed E-state index contributed by atoms with van der Waals surface area (Å²) in [7, 11) is 0. The zero-order valence-electron chi connectivity index (χ0n) is 18.4. The maximum atomic E-state index is 13.3. The van der Waals surface area contributed by atoms with E-state index in [2.05, 4.69) is 32.3 Å². The summed E-state index contributed by atoms with van der Waals surface area (Å²) in [4.78, 5) is 20.9. The minimum absolute atomic E-state index is 0.103. The Morgan fingerprint density at radius 3 is 2.65 bits per heavy atom. The van der Waals surface area contributed by atoms with Crippen LogP contribution in [-0.2, 0) is 11.0 Å². The van der Waals surface area contributed by atoms with Crippen LogP contribution in [0.15, 0.2) is 52.4 Å². The topological polar surface area (TPSA) is 87.4 Å². The van der Waals surface area contributed by atoms with E-state index in [-0.39, 0.29) is 22.6 Å². The maximum absolute atomic E-state index is 13.3. The van der Waals surface area contributed by atoms with Gasteiger partial charge in [0.1, 0.15) is 0 Å². The van der Waals surface area contributed by atoms with Gasteiger partial charge in [-0.25, -0.2) is 0 Å². The van der Waals surface area contributed by atoms with Gasteiger partial charge in [0.05, 0.1) is 28.3 Å². The van der Waals surface area contributed by atoms with Gasteiger partial charge in [0, 0.05) is 38.6 Å². The summed E-state index contributed by atoms with van der Waals surface area (Å²) in [5, 5.41) is 10.6. The van der Waals surface area contributed by atoms with Crippen LogP contribution in [0.3, 0.4) is 0 Å². The van der Waals surface area contributed by atoms with Gasteiger partial charge in [-0.2, -0.15) is 13.2 Å². The number of carbonyl (C=O) groups excluding carboxylic acids is 1. The van der Waals surface area contributed by atoms with E-state index in [1.807, 2.05) is 4.90 Å². The van der Waals surface area contributed by atoms with Crippen LogP contribution in [0.2, 0.25) is 0 Å². The number of hydrogen-bond donors (Lipinski definition) is 1. The van der Waals surface area contributed by atoms with Crippen molar-refractivity contribution in [2.24, 2.45) is 0 Å². The first-order valence-electron chi connectivity index (χ1n) is 10.7. The molecule has 1 fully saturated rings. The van der Waals surface area contributed by atoms with Crippen molar-refractivity contribution in [2.45, 2.75) is 18.3 Å². The number of benzene rings is 1. The fourth-order valence-corrected chi connectivity index (χ4v) is 4.14. The fourth-order valence-electron chi connectivity index (χ4n) is 3.58. The Bertz CT molecular complexity index is 1120. The molecule has 0 radical (unpaired) electrons. The molecule has 0 unspecified atom stereocenters. The van der Waals surface area contributed by atoms with Crippen LogP contribution in [0.5, 0.6) is 0 Å². The monoisotopic (exact) mass is 492 g/mol. The third-order valence-electron chi connectivity index (χ3n) is 5.40. The number of piperazine rings is 1. The Labute approximate surface area is 198 Å². The average molecular weight is 493 g/mol. The predicted octanol–water partition coefficient (Wildman–Crippen LogP) is 4.02. The van der Waals surface area contributed by atoms with E-state index in [4.69, 9.17) is 4.42 Å². The van der Waals surface area contributed by atoms with Crippen molar-refractivity contribution in [1.29, 1.82) is 0 Å². The van der Waals surface area contributed by atoms with Gasteiger partial charge in [0.2, 0.25) is 11.8 Å². The lowest BCUT2D eigenvalue weighted by atomic mass is 10.1. The lowest BCUT2D eigenvalue weighted by Crippen LogP contribution is -2.46. The van der Waals surface area contributed by atoms with Crippen LogP contribution in [0.4, 0.5) is 24.5 Å². The van der Waals surface area contributed by atoms with Crippen LogP contribution in [0, 0.1) is 0 Å². The number of rotatable bonds is 7. The number of alkyl halides is 3. The normalized spacial score (nSPS) is 14.9. The Hall–Kier alpha value is -3.12. The number of nitrogens with zero attached hydrogens (tertiary/aromatic N) is 5. The number of carbonyl (C=O) groups is 1. The van der Waals surface area contributed by atoms with Crippen molar-refractivity contribution in [3.05, 3.63) is 48.3 Å². The number of halogens is 3. The second-order valence-corrected chi connectivity index (χ2v) is 8.53. The fraction of sp³-hybridized carbons (Fsp3) is 0.364. The number of aromatic nitrogens is 3. The lowest BCUT2D eigenvalue weighted by Gasteiger charge is -2.36. The smallest absolute Gasteiger partial charge is 0.411 e. The van der Waals surface area contributed by atoms with E-state index >= 15 is 0 Å². The Kier molecular flexibility index (Phi) is 7.37. The first kappa shape index (κ1) is 24.0. The summed E-state index contributed by atoms with van der Waals surface area (Å²) in [6.45, 7) is 5.92. The van der Waals surface area contributed by atoms with E-state index < -0.39 is 17.6 Å². The highest BCUT2D eigenvalue weighted by Gasteiger charge is 2.32. The van der Waals surface area contributed by atoms with Gasteiger partial charge in [-0.3, -0.25) is 9.78 Å². The molecule has 0 bridgehead atoms. The molecule has 0 atom stereocenters. The highest BCUT2D eigenvalue weighted by Crippen LogP contribution is 2.36. The minimum atomic E-state index is -4.51. The molecule has 3 aromatic rings. The predicted molar refractivity (Wildman–Crippen MR) is 123 cm³/mol. The van der Waals surface area contributed by atoms with Crippen LogP contribution in [0.1, 0.15) is 12.5 Å². The molecule has 1 aliphatic rings. The third kappa shape index (κ3) is 5.86. The second-order valence-electron chi connectivity index (χ2n) is 7.60. The summed E-state index contributed by atoms with van der Waals surface area (Å²) in [6.07, 6.45) is -1.32. The Morgan fingerprint density at radius 1 is 1.18 bits per heavy atom. The molecular weight excluding hydrogens is 469 g/mol. The molecule has 3 heterocycles. The van der Waals surface area contributed by atoms with E-state index in [0.29, 0.717) is 24.3 Å². The number of likely N-dealkylation sites (N-methyl/N-ethyl adjacent to an activating group) is 1. The summed E-state index contributed by atoms with van der Waals surface area (Å²) in [6, 6.07) is 6.94. The van der Waals surface area contributed by atoms with Crippen molar-refractivity contribution in [1.82, 2.24) is 20.1 Å². The van der Waals surface area contributed by atoms with Crippen LogP contribution in [0.25, 0.3) is 11.5 Å². The molecule has 2 aromatic heterocycles. The van der Waals surface area contributed by atoms with Gasteiger partial charge < -0.3 is 19.5 Å². The molecule has 0 spiro atoms. The van der Waals surface area contributed by atoms with E-state index in [0.717, 1.165) is 43.5 Å². The quantitative estimate of drug-likeness (QED) is 0.495. The number of nitrogens with one attached hydrogen (secondary N) is 1. The molecule has 1 aliphatic heterocycles. The van der Waals surface area contributed by atoms with Gasteiger partial charge >= 0.3 is 6.18 Å². The van der Waals surface area contributed by atoms with Crippen molar-refractivity contribution in [2.75, 3.05) is 48.7 Å². The van der Waals surface area contributed by atoms with Crippen LogP contribution >= 0.6 is 11.8 Å². The zero-order chi connectivity index (χ0) is 24.1.